The molecule has 0 bridgehead atoms. The number of fused-ring (bicyclic) bond motifs is 1. The Bertz CT molecular complexity index is 917. The molecule has 3 rings (SSSR count). The number of halogens is 1. The minimum atomic E-state index is -0.121. The number of carbonyl (C=O) groups is 1. The minimum Gasteiger partial charge on any atom is -0.308 e. The van der Waals surface area contributed by atoms with E-state index in [-0.39, 0.29) is 11.9 Å². The van der Waals surface area contributed by atoms with Crippen molar-refractivity contribution in [2.45, 2.75) is 19.9 Å². The summed E-state index contributed by atoms with van der Waals surface area (Å²) in [5, 5.41) is 5.13. The second-order valence-corrected chi connectivity index (χ2v) is 8.57. The summed E-state index contributed by atoms with van der Waals surface area (Å²) in [7, 11) is 3.98. The predicted octanol–water partition coefficient (Wildman–Crippen LogP) is 4.04. The molecule has 3 aromatic rings. The van der Waals surface area contributed by atoms with Crippen LogP contribution in [0.1, 0.15) is 30.4 Å². The van der Waals surface area contributed by atoms with Gasteiger partial charge in [-0.15, -0.1) is 0 Å². The van der Waals surface area contributed by atoms with Crippen LogP contribution in [0, 0.1) is 0 Å². The molecule has 0 fully saturated rings. The molecule has 0 saturated heterocycles. The van der Waals surface area contributed by atoms with Gasteiger partial charge >= 0.3 is 0 Å². The quantitative estimate of drug-likeness (QED) is 0.585. The molecule has 0 N–H and O–H groups in total. The van der Waals surface area contributed by atoms with Crippen LogP contribution in [0.2, 0.25) is 0 Å². The molecule has 26 heavy (non-hydrogen) atoms. The Morgan fingerprint density at radius 3 is 2.69 bits per heavy atom. The summed E-state index contributed by atoms with van der Waals surface area (Å²) < 4.78 is 3.85. The fourth-order valence-electron chi connectivity index (χ4n) is 2.46. The third-order valence-electron chi connectivity index (χ3n) is 3.94. The van der Waals surface area contributed by atoms with Crippen molar-refractivity contribution in [2.24, 2.45) is 0 Å². The number of nitrogens with zero attached hydrogens (tertiary/aromatic N) is 5. The lowest BCUT2D eigenvalue weighted by Crippen LogP contribution is -2.37. The normalized spacial score (nSPS) is 11.7. The first kappa shape index (κ1) is 19.0. The highest BCUT2D eigenvalue weighted by Crippen LogP contribution is 2.31. The molecule has 0 saturated carbocycles. The van der Waals surface area contributed by atoms with Gasteiger partial charge in [0, 0.05) is 29.8 Å². The zero-order chi connectivity index (χ0) is 18.8. The van der Waals surface area contributed by atoms with Gasteiger partial charge in [-0.25, -0.2) is 4.98 Å². The molecule has 0 aliphatic rings. The van der Waals surface area contributed by atoms with E-state index in [4.69, 9.17) is 0 Å². The van der Waals surface area contributed by atoms with E-state index in [2.05, 4.69) is 30.9 Å². The number of benzene rings is 1. The van der Waals surface area contributed by atoms with Crippen molar-refractivity contribution < 1.29 is 4.79 Å². The van der Waals surface area contributed by atoms with Crippen LogP contribution in [0.15, 0.2) is 34.9 Å². The molecule has 0 spiro atoms. The Morgan fingerprint density at radius 1 is 1.27 bits per heavy atom. The Kier molecular flexibility index (Phi) is 5.74. The summed E-state index contributed by atoms with van der Waals surface area (Å²) in [5.41, 5.74) is 1.33. The molecule has 2 heterocycles. The lowest BCUT2D eigenvalue weighted by molar-refractivity contribution is 0.0979. The number of anilines is 1. The van der Waals surface area contributed by atoms with Crippen LogP contribution < -0.4 is 4.90 Å². The third kappa shape index (κ3) is 4.13. The zero-order valence-electron chi connectivity index (χ0n) is 15.3. The van der Waals surface area contributed by atoms with E-state index < -0.39 is 0 Å². The highest BCUT2D eigenvalue weighted by molar-refractivity contribution is 9.10. The number of carbonyl (C=O) groups excluding carboxylic acids is 1. The van der Waals surface area contributed by atoms with Gasteiger partial charge < -0.3 is 4.90 Å². The summed E-state index contributed by atoms with van der Waals surface area (Å²) in [4.78, 5) is 21.6. The molecule has 138 valence electrons. The van der Waals surface area contributed by atoms with Crippen molar-refractivity contribution in [3.8, 4) is 0 Å². The van der Waals surface area contributed by atoms with Crippen LogP contribution in [-0.4, -0.2) is 52.8 Å². The second kappa shape index (κ2) is 7.85. The topological polar surface area (TPSA) is 54.3 Å². The monoisotopic (exact) mass is 435 g/mol. The molecular formula is C18H22BrN5OS. The van der Waals surface area contributed by atoms with Crippen molar-refractivity contribution in [2.75, 3.05) is 32.1 Å². The first-order chi connectivity index (χ1) is 12.3. The van der Waals surface area contributed by atoms with Gasteiger partial charge in [0.15, 0.2) is 10.8 Å². The Labute approximate surface area is 165 Å². The number of amides is 1. The van der Waals surface area contributed by atoms with Crippen molar-refractivity contribution in [1.29, 1.82) is 0 Å². The molecule has 0 atom stereocenters. The molecule has 0 aliphatic heterocycles. The van der Waals surface area contributed by atoms with Gasteiger partial charge in [-0.05, 0) is 52.2 Å². The average molecular weight is 436 g/mol. The molecule has 1 amide bonds. The van der Waals surface area contributed by atoms with Gasteiger partial charge in [0.25, 0.3) is 5.91 Å². The largest absolute Gasteiger partial charge is 0.308 e. The van der Waals surface area contributed by atoms with Gasteiger partial charge in [-0.3, -0.25) is 14.4 Å². The first-order valence-corrected chi connectivity index (χ1v) is 10.0. The van der Waals surface area contributed by atoms with Gasteiger partial charge in [0.2, 0.25) is 0 Å². The lowest BCUT2D eigenvalue weighted by atomic mass is 10.3. The van der Waals surface area contributed by atoms with Crippen LogP contribution in [0.3, 0.4) is 0 Å². The molecule has 1 aromatic carbocycles. The standard InChI is InChI=1S/C18H22BrN5OS/c1-12(2)24-8-7-15(21-24)17(25)23(10-9-22(3)4)18-20-14-6-5-13(19)11-16(14)26-18/h5-8,11-12H,9-10H2,1-4H3. The lowest BCUT2D eigenvalue weighted by Gasteiger charge is -2.21. The maximum absolute atomic E-state index is 13.1. The van der Waals surface area contributed by atoms with E-state index in [1.54, 1.807) is 15.6 Å². The van der Waals surface area contributed by atoms with E-state index in [1.807, 2.05) is 52.3 Å². The molecule has 6 nitrogen and oxygen atoms in total. The number of hydrogen-bond acceptors (Lipinski definition) is 5. The first-order valence-electron chi connectivity index (χ1n) is 8.43. The molecule has 0 unspecified atom stereocenters. The van der Waals surface area contributed by atoms with Crippen molar-refractivity contribution in [3.05, 3.63) is 40.6 Å². The Morgan fingerprint density at radius 2 is 2.04 bits per heavy atom. The van der Waals surface area contributed by atoms with Crippen molar-refractivity contribution in [1.82, 2.24) is 19.7 Å². The number of likely N-dealkylation sites (N-methyl/N-ethyl adjacent to an activating group) is 1. The molecule has 0 radical (unpaired) electrons. The summed E-state index contributed by atoms with van der Waals surface area (Å²) in [6, 6.07) is 7.93. The van der Waals surface area contributed by atoms with E-state index in [0.717, 1.165) is 21.2 Å². The Balaban J connectivity index is 1.95. The van der Waals surface area contributed by atoms with E-state index in [0.29, 0.717) is 17.4 Å². The van der Waals surface area contributed by atoms with Gasteiger partial charge in [-0.2, -0.15) is 5.10 Å². The summed E-state index contributed by atoms with van der Waals surface area (Å²) in [6.07, 6.45) is 1.84. The fourth-order valence-corrected chi connectivity index (χ4v) is 4.01. The second-order valence-electron chi connectivity index (χ2n) is 6.64. The fraction of sp³-hybridized carbons (Fsp3) is 0.389. The highest BCUT2D eigenvalue weighted by atomic mass is 79.9. The summed E-state index contributed by atoms with van der Waals surface area (Å²) in [5.74, 6) is -0.121. The van der Waals surface area contributed by atoms with Crippen LogP contribution in [0.5, 0.6) is 0 Å². The summed E-state index contributed by atoms with van der Waals surface area (Å²) >= 11 is 5.01. The van der Waals surface area contributed by atoms with Gasteiger partial charge in [-0.1, -0.05) is 27.3 Å². The van der Waals surface area contributed by atoms with Gasteiger partial charge in [0.05, 0.1) is 10.2 Å². The smallest absolute Gasteiger partial charge is 0.280 e. The predicted molar refractivity (Wildman–Crippen MR) is 110 cm³/mol. The number of aromatic nitrogens is 3. The molecular weight excluding hydrogens is 414 g/mol. The van der Waals surface area contributed by atoms with Crippen LogP contribution in [0.25, 0.3) is 10.2 Å². The minimum absolute atomic E-state index is 0.121. The van der Waals surface area contributed by atoms with Crippen molar-refractivity contribution in [3.63, 3.8) is 0 Å². The molecule has 8 heteroatoms. The summed E-state index contributed by atoms with van der Waals surface area (Å²) in [6.45, 7) is 5.38. The van der Waals surface area contributed by atoms with E-state index >= 15 is 0 Å². The highest BCUT2D eigenvalue weighted by Gasteiger charge is 2.23. The van der Waals surface area contributed by atoms with Crippen LogP contribution >= 0.6 is 27.3 Å². The number of rotatable bonds is 6. The number of hydrogen-bond donors (Lipinski definition) is 0. The molecule has 2 aromatic heterocycles. The van der Waals surface area contributed by atoms with E-state index in [9.17, 15) is 4.79 Å². The zero-order valence-corrected chi connectivity index (χ0v) is 17.7. The number of thiazole rings is 1. The van der Waals surface area contributed by atoms with E-state index in [1.165, 1.54) is 11.3 Å². The Hall–Kier alpha value is -1.77. The maximum atomic E-state index is 13.1. The van der Waals surface area contributed by atoms with Crippen LogP contribution in [0.4, 0.5) is 5.13 Å². The SMILES string of the molecule is CC(C)n1ccc(C(=O)N(CCN(C)C)c2nc3ccc(Br)cc3s2)n1. The van der Waals surface area contributed by atoms with Gasteiger partial charge in [0.1, 0.15) is 0 Å². The maximum Gasteiger partial charge on any atom is 0.280 e. The van der Waals surface area contributed by atoms with Crippen molar-refractivity contribution >= 4 is 48.5 Å². The molecule has 0 aliphatic carbocycles. The van der Waals surface area contributed by atoms with Crippen LogP contribution in [-0.2, 0) is 0 Å². The third-order valence-corrected chi connectivity index (χ3v) is 5.48. The average Bonchev–Trinajstić information content (AvgIpc) is 3.20.